The standard InChI is InChI=1S/C15H25N3S/c1-15(2,3)19-10-14-17-9-12-7-11(8-16-4)5-6-13(12)18-14/h9,11,16H,5-8,10H2,1-4H3. The molecule has 0 aliphatic heterocycles. The van der Waals surface area contributed by atoms with Crippen LogP contribution in [-0.4, -0.2) is 28.3 Å². The van der Waals surface area contributed by atoms with Crippen molar-refractivity contribution in [1.29, 1.82) is 0 Å². The smallest absolute Gasteiger partial charge is 0.138 e. The molecule has 0 aromatic carbocycles. The van der Waals surface area contributed by atoms with Crippen LogP contribution < -0.4 is 5.32 Å². The largest absolute Gasteiger partial charge is 0.319 e. The molecular weight excluding hydrogens is 254 g/mol. The van der Waals surface area contributed by atoms with Gasteiger partial charge in [0.15, 0.2) is 0 Å². The summed E-state index contributed by atoms with van der Waals surface area (Å²) in [6, 6.07) is 0. The number of nitrogens with zero attached hydrogens (tertiary/aromatic N) is 2. The molecule has 1 atom stereocenters. The summed E-state index contributed by atoms with van der Waals surface area (Å²) in [5.74, 6) is 2.65. The molecule has 3 nitrogen and oxygen atoms in total. The van der Waals surface area contributed by atoms with Crippen LogP contribution >= 0.6 is 11.8 Å². The van der Waals surface area contributed by atoms with Gasteiger partial charge in [0.1, 0.15) is 5.82 Å². The van der Waals surface area contributed by atoms with Gasteiger partial charge < -0.3 is 5.32 Å². The van der Waals surface area contributed by atoms with Crippen LogP contribution in [0.1, 0.15) is 44.3 Å². The SMILES string of the molecule is CNCC1CCc2nc(CSC(C)(C)C)ncc2C1. The van der Waals surface area contributed by atoms with Crippen molar-refractivity contribution in [3.05, 3.63) is 23.3 Å². The molecule has 1 unspecified atom stereocenters. The van der Waals surface area contributed by atoms with Crippen molar-refractivity contribution >= 4 is 11.8 Å². The predicted molar refractivity (Wildman–Crippen MR) is 82.5 cm³/mol. The highest BCUT2D eigenvalue weighted by Gasteiger charge is 2.20. The highest BCUT2D eigenvalue weighted by molar-refractivity contribution is 7.99. The highest BCUT2D eigenvalue weighted by Crippen LogP contribution is 2.28. The number of thioether (sulfide) groups is 1. The lowest BCUT2D eigenvalue weighted by Gasteiger charge is -2.24. The molecule has 4 heteroatoms. The number of fused-ring (bicyclic) bond motifs is 1. The van der Waals surface area contributed by atoms with E-state index in [1.807, 2.05) is 18.8 Å². The maximum atomic E-state index is 4.76. The minimum absolute atomic E-state index is 0.275. The van der Waals surface area contributed by atoms with Gasteiger partial charge in [-0.1, -0.05) is 20.8 Å². The topological polar surface area (TPSA) is 37.8 Å². The van der Waals surface area contributed by atoms with Gasteiger partial charge in [-0.2, -0.15) is 0 Å². The first kappa shape index (κ1) is 14.8. The molecule has 1 aromatic heterocycles. The average molecular weight is 279 g/mol. The first-order valence-electron chi connectivity index (χ1n) is 7.10. The number of nitrogens with one attached hydrogen (secondary N) is 1. The van der Waals surface area contributed by atoms with Crippen molar-refractivity contribution in [3.8, 4) is 0 Å². The first-order valence-corrected chi connectivity index (χ1v) is 8.09. The molecule has 0 saturated heterocycles. The Kier molecular flexibility index (Phi) is 4.85. The quantitative estimate of drug-likeness (QED) is 0.919. The summed E-state index contributed by atoms with van der Waals surface area (Å²) in [5.41, 5.74) is 2.64. The van der Waals surface area contributed by atoms with E-state index in [0.29, 0.717) is 0 Å². The number of hydrogen-bond donors (Lipinski definition) is 1. The van der Waals surface area contributed by atoms with E-state index < -0.39 is 0 Å². The molecule has 1 aromatic rings. The Labute approximate surface area is 121 Å². The summed E-state index contributed by atoms with van der Waals surface area (Å²) in [6.07, 6.45) is 5.54. The second-order valence-electron chi connectivity index (χ2n) is 6.33. The molecule has 2 rings (SSSR count). The van der Waals surface area contributed by atoms with E-state index in [9.17, 15) is 0 Å². The lowest BCUT2D eigenvalue weighted by molar-refractivity contribution is 0.433. The minimum atomic E-state index is 0.275. The summed E-state index contributed by atoms with van der Waals surface area (Å²) in [4.78, 5) is 9.30. The fourth-order valence-electron chi connectivity index (χ4n) is 2.44. The maximum Gasteiger partial charge on any atom is 0.138 e. The van der Waals surface area contributed by atoms with Crippen molar-refractivity contribution < 1.29 is 0 Å². The third-order valence-corrected chi connectivity index (χ3v) is 4.70. The first-order chi connectivity index (χ1) is 8.98. The van der Waals surface area contributed by atoms with Gasteiger partial charge in [0.2, 0.25) is 0 Å². The van der Waals surface area contributed by atoms with Crippen molar-refractivity contribution in [2.75, 3.05) is 13.6 Å². The Hall–Kier alpha value is -0.610. The summed E-state index contributed by atoms with van der Waals surface area (Å²) in [5, 5.41) is 3.27. The van der Waals surface area contributed by atoms with Crippen LogP contribution in [0.4, 0.5) is 0 Å². The van der Waals surface area contributed by atoms with E-state index in [0.717, 1.165) is 36.9 Å². The third-order valence-electron chi connectivity index (χ3n) is 3.43. The Bertz CT molecular complexity index is 426. The van der Waals surface area contributed by atoms with Gasteiger partial charge in [-0.3, -0.25) is 0 Å². The van der Waals surface area contributed by atoms with Gasteiger partial charge in [-0.25, -0.2) is 9.97 Å². The number of aromatic nitrogens is 2. The summed E-state index contributed by atoms with van der Waals surface area (Å²) < 4.78 is 0.275. The number of hydrogen-bond acceptors (Lipinski definition) is 4. The molecule has 1 aliphatic rings. The van der Waals surface area contributed by atoms with Gasteiger partial charge in [-0.05, 0) is 44.3 Å². The summed E-state index contributed by atoms with van der Waals surface area (Å²) >= 11 is 1.91. The maximum absolute atomic E-state index is 4.76. The Morgan fingerprint density at radius 2 is 2.21 bits per heavy atom. The monoisotopic (exact) mass is 279 g/mol. The van der Waals surface area contributed by atoms with Gasteiger partial charge in [0.05, 0.1) is 5.75 Å². The highest BCUT2D eigenvalue weighted by atomic mass is 32.2. The third kappa shape index (κ3) is 4.46. The lowest BCUT2D eigenvalue weighted by Crippen LogP contribution is -2.25. The zero-order valence-electron chi connectivity index (χ0n) is 12.5. The second kappa shape index (κ2) is 6.23. The van der Waals surface area contributed by atoms with Crippen LogP contribution in [0.5, 0.6) is 0 Å². The van der Waals surface area contributed by atoms with E-state index in [4.69, 9.17) is 4.98 Å². The van der Waals surface area contributed by atoms with E-state index in [-0.39, 0.29) is 4.75 Å². The van der Waals surface area contributed by atoms with Crippen LogP contribution in [0.15, 0.2) is 6.20 Å². The van der Waals surface area contributed by atoms with Gasteiger partial charge in [0.25, 0.3) is 0 Å². The average Bonchev–Trinajstić information content (AvgIpc) is 2.36. The Morgan fingerprint density at radius 1 is 1.42 bits per heavy atom. The van der Waals surface area contributed by atoms with Crippen LogP contribution in [0.3, 0.4) is 0 Å². The van der Waals surface area contributed by atoms with Crippen molar-refractivity contribution in [2.45, 2.75) is 50.5 Å². The molecule has 0 amide bonds. The fraction of sp³-hybridized carbons (Fsp3) is 0.733. The van der Waals surface area contributed by atoms with Crippen molar-refractivity contribution in [1.82, 2.24) is 15.3 Å². The number of rotatable bonds is 4. The van der Waals surface area contributed by atoms with Gasteiger partial charge in [-0.15, -0.1) is 11.8 Å². The van der Waals surface area contributed by atoms with Crippen LogP contribution in [0, 0.1) is 5.92 Å². The normalized spacial score (nSPS) is 19.3. The van der Waals surface area contributed by atoms with Crippen LogP contribution in [0.2, 0.25) is 0 Å². The van der Waals surface area contributed by atoms with E-state index in [1.54, 1.807) is 0 Å². The lowest BCUT2D eigenvalue weighted by atomic mass is 9.87. The molecule has 1 heterocycles. The zero-order valence-corrected chi connectivity index (χ0v) is 13.3. The van der Waals surface area contributed by atoms with Gasteiger partial charge >= 0.3 is 0 Å². The van der Waals surface area contributed by atoms with Gasteiger partial charge in [0, 0.05) is 16.6 Å². The van der Waals surface area contributed by atoms with E-state index >= 15 is 0 Å². The molecule has 19 heavy (non-hydrogen) atoms. The van der Waals surface area contributed by atoms with E-state index in [1.165, 1.54) is 17.7 Å². The predicted octanol–water partition coefficient (Wildman–Crippen LogP) is 2.83. The molecule has 0 radical (unpaired) electrons. The molecule has 1 aliphatic carbocycles. The Morgan fingerprint density at radius 3 is 2.89 bits per heavy atom. The van der Waals surface area contributed by atoms with Crippen molar-refractivity contribution in [2.24, 2.45) is 5.92 Å². The molecule has 1 N–H and O–H groups in total. The molecule has 0 saturated carbocycles. The minimum Gasteiger partial charge on any atom is -0.319 e. The zero-order chi connectivity index (χ0) is 13.9. The molecule has 0 spiro atoms. The molecular formula is C15H25N3S. The molecule has 106 valence electrons. The second-order valence-corrected chi connectivity index (χ2v) is 8.13. The summed E-state index contributed by atoms with van der Waals surface area (Å²) in [6.45, 7) is 7.80. The van der Waals surface area contributed by atoms with Crippen LogP contribution in [0.25, 0.3) is 0 Å². The van der Waals surface area contributed by atoms with Crippen molar-refractivity contribution in [3.63, 3.8) is 0 Å². The number of aryl methyl sites for hydroxylation is 1. The fourth-order valence-corrected chi connectivity index (χ4v) is 3.14. The summed E-state index contributed by atoms with van der Waals surface area (Å²) in [7, 11) is 2.03. The molecule has 0 fully saturated rings. The van der Waals surface area contributed by atoms with Crippen LogP contribution in [-0.2, 0) is 18.6 Å². The molecule has 0 bridgehead atoms. The Balaban J connectivity index is 2.01. The van der Waals surface area contributed by atoms with E-state index in [2.05, 4.69) is 37.3 Å².